The zero-order valence-electron chi connectivity index (χ0n) is 26.0. The molecule has 0 aliphatic rings. The Hall–Kier alpha value is -4.08. The van der Waals surface area contributed by atoms with Gasteiger partial charge in [0, 0.05) is 13.1 Å². The van der Waals surface area contributed by atoms with Crippen LogP contribution >= 0.6 is 0 Å². The third-order valence-electron chi connectivity index (χ3n) is 7.94. The van der Waals surface area contributed by atoms with Crippen LogP contribution in [0.4, 0.5) is 0 Å². The second-order valence-electron chi connectivity index (χ2n) is 12.2. The molecule has 10 N–H and O–H groups in total. The lowest BCUT2D eigenvalue weighted by atomic mass is 9.65. The van der Waals surface area contributed by atoms with Gasteiger partial charge in [-0.15, -0.1) is 0 Å². The molecule has 0 unspecified atom stereocenters. The molecule has 0 radical (unpaired) electrons. The molecule has 2 atom stereocenters. The number of nitrogens with zero attached hydrogens (tertiary/aromatic N) is 2. The number of guanidine groups is 2. The van der Waals surface area contributed by atoms with Gasteiger partial charge >= 0.3 is 0 Å². The SMILES string of the molecule is C[C@](CCCNC(=O)CN=C(N)N)(CCc1ccccc1)C[C@](C)(CCCNC(=O)CN=C(N)N)CCc1ccccc1. The second kappa shape index (κ2) is 18.5. The number of carbonyl (C=O) groups is 2. The molecule has 0 fully saturated rings. The summed E-state index contributed by atoms with van der Waals surface area (Å²) in [4.78, 5) is 31.8. The van der Waals surface area contributed by atoms with Gasteiger partial charge in [0.25, 0.3) is 0 Å². The lowest BCUT2D eigenvalue weighted by Gasteiger charge is -2.41. The van der Waals surface area contributed by atoms with Crippen molar-refractivity contribution in [2.24, 2.45) is 43.7 Å². The van der Waals surface area contributed by atoms with Crippen LogP contribution in [0.1, 0.15) is 69.9 Å². The quantitative estimate of drug-likeness (QED) is 0.0779. The van der Waals surface area contributed by atoms with E-state index in [9.17, 15) is 9.59 Å². The van der Waals surface area contributed by atoms with E-state index in [1.54, 1.807) is 0 Å². The van der Waals surface area contributed by atoms with Crippen LogP contribution < -0.4 is 33.6 Å². The molecule has 0 aliphatic carbocycles. The summed E-state index contributed by atoms with van der Waals surface area (Å²) < 4.78 is 0. The molecule has 0 spiro atoms. The van der Waals surface area contributed by atoms with Crippen molar-refractivity contribution in [3.8, 4) is 0 Å². The van der Waals surface area contributed by atoms with Gasteiger partial charge in [-0.3, -0.25) is 9.59 Å². The molecule has 10 nitrogen and oxygen atoms in total. The van der Waals surface area contributed by atoms with Gasteiger partial charge in [-0.2, -0.15) is 0 Å². The van der Waals surface area contributed by atoms with Gasteiger partial charge in [0.15, 0.2) is 11.9 Å². The topological polar surface area (TPSA) is 187 Å². The molecule has 0 heterocycles. The molecule has 2 aromatic carbocycles. The summed E-state index contributed by atoms with van der Waals surface area (Å²) in [5.74, 6) is -0.554. The predicted molar refractivity (Wildman–Crippen MR) is 176 cm³/mol. The fourth-order valence-corrected chi connectivity index (χ4v) is 5.74. The Balaban J connectivity index is 2.12. The van der Waals surface area contributed by atoms with Gasteiger partial charge < -0.3 is 33.6 Å². The number of hydrogen-bond acceptors (Lipinski definition) is 4. The molecule has 0 aliphatic heterocycles. The van der Waals surface area contributed by atoms with Crippen molar-refractivity contribution in [3.63, 3.8) is 0 Å². The Bertz CT molecular complexity index is 1070. The Labute approximate surface area is 257 Å². The van der Waals surface area contributed by atoms with E-state index in [-0.39, 0.29) is 47.7 Å². The lowest BCUT2D eigenvalue weighted by molar-refractivity contribution is -0.120. The van der Waals surface area contributed by atoms with E-state index >= 15 is 0 Å². The van der Waals surface area contributed by atoms with E-state index in [1.165, 1.54) is 11.1 Å². The fraction of sp³-hybridized carbons (Fsp3) is 0.515. The van der Waals surface area contributed by atoms with Crippen molar-refractivity contribution in [1.29, 1.82) is 0 Å². The van der Waals surface area contributed by atoms with Gasteiger partial charge in [0.2, 0.25) is 11.8 Å². The molecule has 236 valence electrons. The minimum absolute atomic E-state index is 0.0441. The standard InChI is InChI=1S/C33H52N8O2/c1-32(19-15-26-11-5-3-6-12-26,17-9-21-38-28(42)23-40-30(34)35)25-33(2,20-16-27-13-7-4-8-14-27)18-10-22-39-29(43)24-41-31(36)37/h3-8,11-14H,9-10,15-25H2,1-2H3,(H,38,42)(H,39,43)(H4,34,35,40)(H4,36,37,41)/t32-,33+. The molecule has 0 saturated heterocycles. The fourth-order valence-electron chi connectivity index (χ4n) is 5.74. The van der Waals surface area contributed by atoms with Crippen molar-refractivity contribution in [1.82, 2.24) is 10.6 Å². The van der Waals surface area contributed by atoms with Crippen molar-refractivity contribution in [3.05, 3.63) is 71.8 Å². The van der Waals surface area contributed by atoms with Crippen LogP contribution in [0.15, 0.2) is 70.6 Å². The highest BCUT2D eigenvalue weighted by molar-refractivity contribution is 5.83. The summed E-state index contributed by atoms with van der Waals surface area (Å²) in [5, 5.41) is 5.88. The third-order valence-corrected chi connectivity index (χ3v) is 7.94. The van der Waals surface area contributed by atoms with Crippen LogP contribution in [0.5, 0.6) is 0 Å². The maximum atomic E-state index is 12.1. The van der Waals surface area contributed by atoms with E-state index < -0.39 is 0 Å². The lowest BCUT2D eigenvalue weighted by Crippen LogP contribution is -2.33. The van der Waals surface area contributed by atoms with Gasteiger partial charge in [0.05, 0.1) is 0 Å². The molecule has 0 saturated carbocycles. The van der Waals surface area contributed by atoms with E-state index in [4.69, 9.17) is 22.9 Å². The molecule has 0 aromatic heterocycles. The summed E-state index contributed by atoms with van der Waals surface area (Å²) in [6, 6.07) is 21.2. The van der Waals surface area contributed by atoms with E-state index in [1.807, 2.05) is 12.1 Å². The molecule has 43 heavy (non-hydrogen) atoms. The van der Waals surface area contributed by atoms with Gasteiger partial charge in [-0.25, -0.2) is 9.98 Å². The zero-order valence-corrected chi connectivity index (χ0v) is 26.0. The van der Waals surface area contributed by atoms with E-state index in [2.05, 4.69) is 83.0 Å². The van der Waals surface area contributed by atoms with E-state index in [0.717, 1.165) is 57.8 Å². The second-order valence-corrected chi connectivity index (χ2v) is 12.2. The molecule has 2 amide bonds. The number of nitrogens with one attached hydrogen (secondary N) is 2. The number of amides is 2. The molecule has 2 aromatic rings. The predicted octanol–water partition coefficient (Wildman–Crippen LogP) is 2.99. The highest BCUT2D eigenvalue weighted by Crippen LogP contribution is 2.45. The van der Waals surface area contributed by atoms with Gasteiger partial charge in [-0.1, -0.05) is 74.5 Å². The zero-order chi connectivity index (χ0) is 31.6. The monoisotopic (exact) mass is 592 g/mol. The first kappa shape index (κ1) is 35.1. The van der Waals surface area contributed by atoms with Crippen molar-refractivity contribution >= 4 is 23.7 Å². The molecular formula is C33H52N8O2. The summed E-state index contributed by atoms with van der Waals surface area (Å²) >= 11 is 0. The highest BCUT2D eigenvalue weighted by atomic mass is 16.2. The number of aryl methyl sites for hydroxylation is 2. The molecular weight excluding hydrogens is 540 g/mol. The van der Waals surface area contributed by atoms with Crippen LogP contribution in [-0.4, -0.2) is 49.9 Å². The molecule has 2 rings (SSSR count). The third kappa shape index (κ3) is 15.6. The van der Waals surface area contributed by atoms with Crippen LogP contribution in [0.2, 0.25) is 0 Å². The molecule has 0 bridgehead atoms. The first-order chi connectivity index (χ1) is 20.5. The minimum Gasteiger partial charge on any atom is -0.370 e. The number of hydrogen-bond donors (Lipinski definition) is 6. The highest BCUT2D eigenvalue weighted by Gasteiger charge is 2.34. The number of benzene rings is 2. The van der Waals surface area contributed by atoms with Crippen molar-refractivity contribution < 1.29 is 9.59 Å². The number of nitrogens with two attached hydrogens (primary N) is 4. The number of rotatable bonds is 20. The smallest absolute Gasteiger partial charge is 0.241 e. The summed E-state index contributed by atoms with van der Waals surface area (Å²) in [7, 11) is 0. The minimum atomic E-state index is -0.186. The summed E-state index contributed by atoms with van der Waals surface area (Å²) in [5.41, 5.74) is 24.1. The maximum Gasteiger partial charge on any atom is 0.241 e. The Morgan fingerprint density at radius 3 is 1.35 bits per heavy atom. The van der Waals surface area contributed by atoms with Gasteiger partial charge in [0.1, 0.15) is 13.1 Å². The average molecular weight is 593 g/mol. The van der Waals surface area contributed by atoms with Crippen molar-refractivity contribution in [2.75, 3.05) is 26.2 Å². The largest absolute Gasteiger partial charge is 0.370 e. The summed E-state index contributed by atoms with van der Waals surface area (Å²) in [6.07, 6.45) is 8.74. The van der Waals surface area contributed by atoms with E-state index in [0.29, 0.717) is 13.1 Å². The van der Waals surface area contributed by atoms with Crippen LogP contribution in [0.25, 0.3) is 0 Å². The number of aliphatic imine (C=N–C) groups is 2. The van der Waals surface area contributed by atoms with Crippen LogP contribution in [0, 0.1) is 10.8 Å². The first-order valence-electron chi connectivity index (χ1n) is 15.2. The normalized spacial score (nSPS) is 13.6. The molecule has 10 heteroatoms. The Kier molecular flexibility index (Phi) is 15.1. The van der Waals surface area contributed by atoms with Crippen LogP contribution in [-0.2, 0) is 22.4 Å². The maximum absolute atomic E-state index is 12.1. The summed E-state index contributed by atoms with van der Waals surface area (Å²) in [6.45, 7) is 5.79. The Morgan fingerprint density at radius 2 is 1.00 bits per heavy atom. The van der Waals surface area contributed by atoms with Crippen molar-refractivity contribution in [2.45, 2.75) is 71.6 Å². The average Bonchev–Trinajstić information content (AvgIpc) is 2.98. The van der Waals surface area contributed by atoms with Gasteiger partial charge in [-0.05, 0) is 79.7 Å². The first-order valence-corrected chi connectivity index (χ1v) is 15.2. The Morgan fingerprint density at radius 1 is 0.628 bits per heavy atom. The number of carbonyl (C=O) groups excluding carboxylic acids is 2. The van der Waals surface area contributed by atoms with Crippen LogP contribution in [0.3, 0.4) is 0 Å².